The van der Waals surface area contributed by atoms with Crippen molar-refractivity contribution in [3.05, 3.63) is 107 Å². The van der Waals surface area contributed by atoms with Crippen LogP contribution in [0, 0.1) is 0 Å². The Morgan fingerprint density at radius 3 is 2.15 bits per heavy atom. The number of nitrogens with zero attached hydrogens (tertiary/aromatic N) is 1. The monoisotopic (exact) mass is 567 g/mol. The SMILES string of the molecule is CCCN(CCC)S(=O)c1ccc(C(=O)Nc2cc3ccccc3cc2C(=O)NC2CCc3ccccc3C2)cc1. The smallest absolute Gasteiger partial charge is 0.255 e. The number of carbonyl (C=O) groups excluding carboxylic acids is 2. The van der Waals surface area contributed by atoms with Crippen LogP contribution in [0.15, 0.2) is 89.8 Å². The number of hydrogen-bond acceptors (Lipinski definition) is 3. The molecule has 0 radical (unpaired) electrons. The number of aryl methyl sites for hydroxylation is 1. The van der Waals surface area contributed by atoms with Gasteiger partial charge in [0.15, 0.2) is 0 Å². The van der Waals surface area contributed by atoms with Crippen LogP contribution < -0.4 is 10.6 Å². The fraction of sp³-hybridized carbons (Fsp3) is 0.294. The molecule has 0 fully saturated rings. The summed E-state index contributed by atoms with van der Waals surface area (Å²) in [6, 6.07) is 26.8. The standard InChI is InChI=1S/C34H37N3O3S/c1-3-19-37(20-4-2)41(40)30-17-14-25(15-18-30)33(38)36-32-23-28-12-8-7-11-27(28)22-31(32)34(39)35-29-16-13-24-9-5-6-10-26(24)21-29/h5-12,14-15,17-18,22-23,29H,3-4,13,16,19-21H2,1-2H3,(H,35,39)(H,36,38). The van der Waals surface area contributed by atoms with Crippen molar-refractivity contribution < 1.29 is 13.8 Å². The highest BCUT2D eigenvalue weighted by molar-refractivity contribution is 7.82. The Kier molecular flexibility index (Phi) is 9.27. The van der Waals surface area contributed by atoms with Gasteiger partial charge in [0.1, 0.15) is 11.0 Å². The van der Waals surface area contributed by atoms with Gasteiger partial charge in [0.05, 0.1) is 16.1 Å². The average Bonchev–Trinajstić information content (AvgIpc) is 3.00. The van der Waals surface area contributed by atoms with Crippen molar-refractivity contribution in [3.63, 3.8) is 0 Å². The van der Waals surface area contributed by atoms with E-state index in [-0.39, 0.29) is 17.9 Å². The van der Waals surface area contributed by atoms with Crippen LogP contribution in [0.4, 0.5) is 5.69 Å². The molecule has 0 saturated heterocycles. The van der Waals surface area contributed by atoms with E-state index in [1.54, 1.807) is 24.3 Å². The molecule has 1 aliphatic rings. The maximum absolute atomic E-state index is 13.6. The molecular formula is C34H37N3O3S. The Labute approximate surface area is 244 Å². The summed E-state index contributed by atoms with van der Waals surface area (Å²) in [5, 5.41) is 8.06. The fourth-order valence-electron chi connectivity index (χ4n) is 5.46. The van der Waals surface area contributed by atoms with Crippen LogP contribution in [0.5, 0.6) is 0 Å². The van der Waals surface area contributed by atoms with Crippen molar-refractivity contribution >= 4 is 39.3 Å². The number of fused-ring (bicyclic) bond motifs is 2. The van der Waals surface area contributed by atoms with Crippen molar-refractivity contribution in [3.8, 4) is 0 Å². The van der Waals surface area contributed by atoms with E-state index in [0.29, 0.717) is 21.7 Å². The lowest BCUT2D eigenvalue weighted by Gasteiger charge is -2.26. The van der Waals surface area contributed by atoms with Gasteiger partial charge in [-0.25, -0.2) is 8.51 Å². The van der Waals surface area contributed by atoms with Gasteiger partial charge in [-0.1, -0.05) is 62.4 Å². The molecule has 4 aromatic carbocycles. The van der Waals surface area contributed by atoms with Crippen LogP contribution >= 0.6 is 0 Å². The molecule has 0 spiro atoms. The zero-order valence-corrected chi connectivity index (χ0v) is 24.5. The van der Waals surface area contributed by atoms with Gasteiger partial charge in [-0.2, -0.15) is 0 Å². The van der Waals surface area contributed by atoms with E-state index in [1.807, 2.05) is 46.8 Å². The van der Waals surface area contributed by atoms with Crippen LogP contribution in [-0.4, -0.2) is 39.5 Å². The molecule has 0 saturated carbocycles. The summed E-state index contributed by atoms with van der Waals surface area (Å²) in [6.45, 7) is 5.65. The van der Waals surface area contributed by atoms with E-state index in [4.69, 9.17) is 0 Å². The number of nitrogens with one attached hydrogen (secondary N) is 2. The molecule has 2 amide bonds. The summed E-state index contributed by atoms with van der Waals surface area (Å²) in [4.78, 5) is 27.6. The Balaban J connectivity index is 1.35. The third-order valence-corrected chi connectivity index (χ3v) is 9.07. The summed E-state index contributed by atoms with van der Waals surface area (Å²) >= 11 is 0. The number of rotatable bonds is 10. The quantitative estimate of drug-likeness (QED) is 0.229. The van der Waals surface area contributed by atoms with Gasteiger partial charge in [-0.15, -0.1) is 0 Å². The van der Waals surface area contributed by atoms with Gasteiger partial charge in [0, 0.05) is 24.7 Å². The first-order valence-corrected chi connectivity index (χ1v) is 15.6. The van der Waals surface area contributed by atoms with E-state index in [2.05, 4.69) is 42.7 Å². The first-order valence-electron chi connectivity index (χ1n) is 14.5. The Hall–Kier alpha value is -3.81. The molecule has 0 aromatic heterocycles. The Morgan fingerprint density at radius 1 is 0.829 bits per heavy atom. The first-order chi connectivity index (χ1) is 20.0. The molecule has 7 heteroatoms. The van der Waals surface area contributed by atoms with E-state index < -0.39 is 11.0 Å². The van der Waals surface area contributed by atoms with Crippen molar-refractivity contribution in [2.24, 2.45) is 0 Å². The minimum atomic E-state index is -1.28. The third kappa shape index (κ3) is 6.75. The highest BCUT2D eigenvalue weighted by atomic mass is 32.2. The van der Waals surface area contributed by atoms with E-state index in [1.165, 1.54) is 11.1 Å². The number of amides is 2. The lowest BCUT2D eigenvalue weighted by molar-refractivity contribution is 0.0934. The zero-order chi connectivity index (χ0) is 28.8. The minimum Gasteiger partial charge on any atom is -0.349 e. The molecule has 2 N–H and O–H groups in total. The molecule has 2 unspecified atom stereocenters. The number of anilines is 1. The van der Waals surface area contributed by atoms with E-state index in [0.717, 1.165) is 56.0 Å². The molecule has 5 rings (SSSR count). The second kappa shape index (κ2) is 13.2. The van der Waals surface area contributed by atoms with Crippen molar-refractivity contribution in [2.75, 3.05) is 18.4 Å². The molecule has 41 heavy (non-hydrogen) atoms. The van der Waals surface area contributed by atoms with Gasteiger partial charge < -0.3 is 10.6 Å². The van der Waals surface area contributed by atoms with Crippen molar-refractivity contribution in [1.82, 2.24) is 9.62 Å². The highest BCUT2D eigenvalue weighted by Gasteiger charge is 2.23. The molecule has 4 aromatic rings. The number of benzene rings is 4. The highest BCUT2D eigenvalue weighted by Crippen LogP contribution is 2.27. The van der Waals surface area contributed by atoms with Crippen LogP contribution in [0.1, 0.15) is 65.0 Å². The number of hydrogen-bond donors (Lipinski definition) is 2. The Morgan fingerprint density at radius 2 is 1.46 bits per heavy atom. The predicted molar refractivity (Wildman–Crippen MR) is 167 cm³/mol. The van der Waals surface area contributed by atoms with Crippen LogP contribution in [0.3, 0.4) is 0 Å². The third-order valence-electron chi connectivity index (χ3n) is 7.56. The minimum absolute atomic E-state index is 0.0285. The van der Waals surface area contributed by atoms with Gasteiger partial charge >= 0.3 is 0 Å². The van der Waals surface area contributed by atoms with Gasteiger partial charge in [-0.05, 0) is 90.4 Å². The molecule has 1 aliphatic carbocycles. The molecule has 0 aliphatic heterocycles. The molecular weight excluding hydrogens is 530 g/mol. The molecule has 2 atom stereocenters. The van der Waals surface area contributed by atoms with Crippen LogP contribution in [0.2, 0.25) is 0 Å². The summed E-state index contributed by atoms with van der Waals surface area (Å²) in [7, 11) is -1.28. The molecule has 0 bridgehead atoms. The first kappa shape index (κ1) is 28.7. The number of carbonyl (C=O) groups is 2. The molecule has 6 nitrogen and oxygen atoms in total. The largest absolute Gasteiger partial charge is 0.349 e. The second-order valence-electron chi connectivity index (χ2n) is 10.6. The normalized spacial score (nSPS) is 15.3. The maximum Gasteiger partial charge on any atom is 0.255 e. The fourth-order valence-corrected chi connectivity index (χ4v) is 6.82. The molecule has 212 valence electrons. The Bertz CT molecular complexity index is 1560. The lowest BCUT2D eigenvalue weighted by Crippen LogP contribution is -2.39. The lowest BCUT2D eigenvalue weighted by atomic mass is 9.88. The van der Waals surface area contributed by atoms with Crippen LogP contribution in [0.25, 0.3) is 10.8 Å². The second-order valence-corrected chi connectivity index (χ2v) is 12.1. The topological polar surface area (TPSA) is 78.5 Å². The van der Waals surface area contributed by atoms with Gasteiger partial charge in [0.25, 0.3) is 11.8 Å². The van der Waals surface area contributed by atoms with E-state index in [9.17, 15) is 13.8 Å². The summed E-state index contributed by atoms with van der Waals surface area (Å²) in [5.41, 5.74) is 3.95. The maximum atomic E-state index is 13.6. The van der Waals surface area contributed by atoms with Gasteiger partial charge in [-0.3, -0.25) is 9.59 Å². The molecule has 0 heterocycles. The van der Waals surface area contributed by atoms with Crippen molar-refractivity contribution in [1.29, 1.82) is 0 Å². The average molecular weight is 568 g/mol. The summed E-state index contributed by atoms with van der Waals surface area (Å²) in [6.07, 6.45) is 4.43. The predicted octanol–water partition coefficient (Wildman–Crippen LogP) is 6.52. The van der Waals surface area contributed by atoms with Crippen molar-refractivity contribution in [2.45, 2.75) is 56.9 Å². The van der Waals surface area contributed by atoms with Crippen LogP contribution in [-0.2, 0) is 23.8 Å². The summed E-state index contributed by atoms with van der Waals surface area (Å²) in [5.74, 6) is -0.523. The zero-order valence-electron chi connectivity index (χ0n) is 23.7. The van der Waals surface area contributed by atoms with Gasteiger partial charge in [0.2, 0.25) is 0 Å². The summed E-state index contributed by atoms with van der Waals surface area (Å²) < 4.78 is 15.0. The van der Waals surface area contributed by atoms with E-state index >= 15 is 0 Å².